The van der Waals surface area contributed by atoms with Gasteiger partial charge >= 0.3 is 0 Å². The highest BCUT2D eigenvalue weighted by Crippen LogP contribution is 2.59. The summed E-state index contributed by atoms with van der Waals surface area (Å²) >= 11 is 8.31. The molecule has 0 saturated heterocycles. The van der Waals surface area contributed by atoms with Crippen molar-refractivity contribution in [2.24, 2.45) is 0 Å². The molecule has 16 heavy (non-hydrogen) atoms. The van der Waals surface area contributed by atoms with Gasteiger partial charge in [0, 0.05) is 32.8 Å². The largest absolute Gasteiger partial charge is 0.358 e. The van der Waals surface area contributed by atoms with Gasteiger partial charge in [-0.2, -0.15) is 0 Å². The summed E-state index contributed by atoms with van der Waals surface area (Å²) in [6, 6.07) is 0. The van der Waals surface area contributed by atoms with Crippen molar-refractivity contribution in [2.45, 2.75) is 12.2 Å². The van der Waals surface area contributed by atoms with Gasteiger partial charge in [0.2, 0.25) is 11.6 Å². The molecule has 1 N–H and O–H groups in total. The lowest BCUT2D eigenvalue weighted by Crippen LogP contribution is -2.27. The van der Waals surface area contributed by atoms with Crippen molar-refractivity contribution >= 4 is 46.6 Å². The molecule has 8 heteroatoms. The Hall–Kier alpha value is 0.740. The molecule has 0 spiro atoms. The van der Waals surface area contributed by atoms with E-state index in [-0.39, 0.29) is 11.2 Å². The van der Waals surface area contributed by atoms with Gasteiger partial charge in [0.05, 0.1) is 5.25 Å². The highest BCUT2D eigenvalue weighted by molar-refractivity contribution is 8.68. The number of amides is 1. The van der Waals surface area contributed by atoms with Crippen LogP contribution < -0.4 is 5.32 Å². The predicted octanol–water partition coefficient (Wildman–Crippen LogP) is 2.10. The zero-order valence-corrected chi connectivity index (χ0v) is 13.2. The summed E-state index contributed by atoms with van der Waals surface area (Å²) in [6.07, 6.45) is 0. The van der Waals surface area contributed by atoms with E-state index in [1.807, 2.05) is 6.92 Å². The molecule has 1 amide bonds. The Morgan fingerprint density at radius 3 is 2.44 bits per heavy atom. The molecule has 0 rings (SSSR count). The van der Waals surface area contributed by atoms with Gasteiger partial charge in [-0.25, -0.2) is 0 Å². The van der Waals surface area contributed by atoms with E-state index in [4.69, 9.17) is 20.9 Å². The molecular formula is C8H18NO3PS3. The minimum Gasteiger partial charge on any atom is -0.358 e. The summed E-state index contributed by atoms with van der Waals surface area (Å²) in [5.41, 5.74) is -2.14. The maximum atomic E-state index is 11.2. The minimum absolute atomic E-state index is 0.0338. The molecule has 1 atom stereocenters. The van der Waals surface area contributed by atoms with Gasteiger partial charge in [-0.05, 0) is 18.7 Å². The quantitative estimate of drug-likeness (QED) is 0.547. The Morgan fingerprint density at radius 1 is 1.44 bits per heavy atom. The fraction of sp³-hybridized carbons (Fsp3) is 0.875. The lowest BCUT2D eigenvalue weighted by Gasteiger charge is -2.16. The normalized spacial score (nSPS) is 13.5. The summed E-state index contributed by atoms with van der Waals surface area (Å²) in [7, 11) is 4.78. The highest BCUT2D eigenvalue weighted by atomic mass is 32.9. The number of rotatable bonds is 8. The second kappa shape index (κ2) is 8.78. The molecule has 0 saturated carbocycles. The summed E-state index contributed by atoms with van der Waals surface area (Å²) < 4.78 is 10.3. The lowest BCUT2D eigenvalue weighted by molar-refractivity contribution is -0.119. The summed E-state index contributed by atoms with van der Waals surface area (Å²) in [4.78, 5) is 11.2. The van der Waals surface area contributed by atoms with Crippen LogP contribution in [0.25, 0.3) is 0 Å². The number of carbonyl (C=O) groups is 1. The monoisotopic (exact) mass is 303 g/mol. The second-order valence-corrected chi connectivity index (χ2v) is 10.9. The zero-order valence-electron chi connectivity index (χ0n) is 9.89. The van der Waals surface area contributed by atoms with Crippen LogP contribution in [0.4, 0.5) is 0 Å². The third kappa shape index (κ3) is 6.47. The van der Waals surface area contributed by atoms with Crippen LogP contribution in [0.3, 0.4) is 0 Å². The topological polar surface area (TPSA) is 47.6 Å². The SMILES string of the molecule is CNC(=O)[C@H](C)SCCSP(=S)(OC)OC. The fourth-order valence-corrected chi connectivity index (χ4v) is 5.37. The predicted molar refractivity (Wildman–Crippen MR) is 76.7 cm³/mol. The van der Waals surface area contributed by atoms with E-state index in [1.165, 1.54) is 11.4 Å². The Labute approximate surface area is 111 Å². The second-order valence-electron chi connectivity index (χ2n) is 2.77. The Bertz CT molecular complexity index is 257. The molecule has 96 valence electrons. The molecule has 0 aromatic heterocycles. The molecule has 0 aromatic carbocycles. The van der Waals surface area contributed by atoms with Crippen molar-refractivity contribution in [3.8, 4) is 0 Å². The molecule has 0 heterocycles. The molecule has 0 aromatic rings. The van der Waals surface area contributed by atoms with Crippen LogP contribution in [0.1, 0.15) is 6.92 Å². The first kappa shape index (κ1) is 16.7. The van der Waals surface area contributed by atoms with E-state index in [0.29, 0.717) is 0 Å². The van der Waals surface area contributed by atoms with Crippen LogP contribution in [0.5, 0.6) is 0 Å². The first-order valence-electron chi connectivity index (χ1n) is 4.68. The molecule has 0 aliphatic heterocycles. The Morgan fingerprint density at radius 2 is 2.00 bits per heavy atom. The molecule has 0 bridgehead atoms. The van der Waals surface area contributed by atoms with Crippen LogP contribution in [-0.4, -0.2) is 43.9 Å². The summed E-state index contributed by atoms with van der Waals surface area (Å²) in [5.74, 6) is 1.72. The molecule has 4 nitrogen and oxygen atoms in total. The van der Waals surface area contributed by atoms with Gasteiger partial charge in [-0.15, -0.1) is 11.8 Å². The van der Waals surface area contributed by atoms with E-state index in [0.717, 1.165) is 11.5 Å². The van der Waals surface area contributed by atoms with E-state index < -0.39 is 5.69 Å². The standard InChI is InChI=1S/C8H18NO3PS3/c1-7(8(10)9-2)15-5-6-16-13(14,11-3)12-4/h7H,5-6H2,1-4H3,(H,9,10)/t7-/m0/s1. The average Bonchev–Trinajstić information content (AvgIpc) is 2.32. The molecular weight excluding hydrogens is 285 g/mol. The molecule has 0 aliphatic rings. The third-order valence-electron chi connectivity index (χ3n) is 1.76. The van der Waals surface area contributed by atoms with Crippen LogP contribution in [0.15, 0.2) is 0 Å². The smallest absolute Gasteiger partial charge is 0.246 e. The van der Waals surface area contributed by atoms with Crippen molar-refractivity contribution in [1.29, 1.82) is 0 Å². The van der Waals surface area contributed by atoms with Gasteiger partial charge in [-0.3, -0.25) is 4.79 Å². The molecule has 0 fully saturated rings. The number of hydrogen-bond acceptors (Lipinski definition) is 6. The summed E-state index contributed by atoms with van der Waals surface area (Å²) in [6.45, 7) is 1.89. The third-order valence-corrected chi connectivity index (χ3v) is 9.01. The number of hydrogen-bond donors (Lipinski definition) is 1. The van der Waals surface area contributed by atoms with Crippen molar-refractivity contribution < 1.29 is 13.8 Å². The number of carbonyl (C=O) groups excluding carboxylic acids is 1. The maximum Gasteiger partial charge on any atom is 0.246 e. The van der Waals surface area contributed by atoms with E-state index in [9.17, 15) is 4.79 Å². The number of nitrogens with one attached hydrogen (secondary N) is 1. The lowest BCUT2D eigenvalue weighted by atomic mass is 10.4. The molecule has 0 aliphatic carbocycles. The van der Waals surface area contributed by atoms with Gasteiger partial charge in [-0.1, -0.05) is 11.4 Å². The van der Waals surface area contributed by atoms with Gasteiger partial charge in [0.15, 0.2) is 0 Å². The van der Waals surface area contributed by atoms with Gasteiger partial charge in [0.1, 0.15) is 0 Å². The van der Waals surface area contributed by atoms with Crippen molar-refractivity contribution in [3.63, 3.8) is 0 Å². The average molecular weight is 303 g/mol. The van der Waals surface area contributed by atoms with E-state index in [2.05, 4.69) is 5.32 Å². The Balaban J connectivity index is 3.76. The molecule has 0 radical (unpaired) electrons. The van der Waals surface area contributed by atoms with Gasteiger partial charge in [0.25, 0.3) is 0 Å². The zero-order chi connectivity index (χ0) is 12.6. The van der Waals surface area contributed by atoms with Crippen molar-refractivity contribution in [1.82, 2.24) is 5.32 Å². The fourth-order valence-electron chi connectivity index (χ4n) is 0.833. The first-order chi connectivity index (χ1) is 7.49. The van der Waals surface area contributed by atoms with Gasteiger partial charge < -0.3 is 14.4 Å². The van der Waals surface area contributed by atoms with E-state index >= 15 is 0 Å². The minimum atomic E-state index is -2.14. The number of thioether (sulfide) groups is 1. The summed E-state index contributed by atoms with van der Waals surface area (Å²) in [5, 5.41) is 2.58. The van der Waals surface area contributed by atoms with Crippen LogP contribution in [0.2, 0.25) is 0 Å². The van der Waals surface area contributed by atoms with Crippen LogP contribution >= 0.6 is 28.8 Å². The van der Waals surface area contributed by atoms with Crippen molar-refractivity contribution in [3.05, 3.63) is 0 Å². The highest BCUT2D eigenvalue weighted by Gasteiger charge is 2.16. The van der Waals surface area contributed by atoms with E-state index in [1.54, 1.807) is 33.0 Å². The first-order valence-corrected chi connectivity index (χ1v) is 9.96. The van der Waals surface area contributed by atoms with Crippen LogP contribution in [-0.2, 0) is 25.6 Å². The van der Waals surface area contributed by atoms with Crippen LogP contribution in [0, 0.1) is 0 Å². The Kier molecular flexibility index (Phi) is 9.18. The molecule has 0 unspecified atom stereocenters. The van der Waals surface area contributed by atoms with Crippen molar-refractivity contribution in [2.75, 3.05) is 32.8 Å². The maximum absolute atomic E-state index is 11.2.